The quantitative estimate of drug-likeness (QED) is 0.620. The summed E-state index contributed by atoms with van der Waals surface area (Å²) in [6, 6.07) is 3.59. The number of ether oxygens (including phenoxy) is 1. The summed E-state index contributed by atoms with van der Waals surface area (Å²) in [5.74, 6) is 1.19. The van der Waals surface area contributed by atoms with Crippen molar-refractivity contribution in [3.8, 4) is 0 Å². The Morgan fingerprint density at radius 1 is 1.44 bits per heavy atom. The number of hydrogen-bond donors (Lipinski definition) is 0. The van der Waals surface area contributed by atoms with Gasteiger partial charge >= 0.3 is 5.97 Å². The van der Waals surface area contributed by atoms with Crippen molar-refractivity contribution in [1.82, 2.24) is 4.98 Å². The highest BCUT2D eigenvalue weighted by Crippen LogP contribution is 2.46. The normalized spacial score (nSPS) is 29.5. The number of hydrogen-bond acceptors (Lipinski definition) is 4. The van der Waals surface area contributed by atoms with Crippen molar-refractivity contribution in [1.29, 1.82) is 0 Å². The van der Waals surface area contributed by atoms with Crippen molar-refractivity contribution in [3.05, 3.63) is 23.9 Å². The lowest BCUT2D eigenvalue weighted by Crippen LogP contribution is -2.24. The Morgan fingerprint density at radius 3 is 3.00 bits per heavy atom. The third-order valence-corrected chi connectivity index (χ3v) is 4.83. The number of fused-ring (bicyclic) bond motifs is 2. The van der Waals surface area contributed by atoms with Crippen LogP contribution in [0.1, 0.15) is 36.0 Å². The zero-order valence-electron chi connectivity index (χ0n) is 10.5. The molecule has 2 fully saturated rings. The average Bonchev–Trinajstić information content (AvgIpc) is 3.01. The smallest absolute Gasteiger partial charge is 0.341 e. The molecular weight excluding hydrogens is 246 g/mol. The SMILES string of the molecule is CSc1ncccc1C(=O)O[C@@H]1C[C@H]2CC[C@H]1C2. The minimum atomic E-state index is -0.204. The van der Waals surface area contributed by atoms with Crippen LogP contribution in [0.5, 0.6) is 0 Å². The summed E-state index contributed by atoms with van der Waals surface area (Å²) in [7, 11) is 0. The molecule has 96 valence electrons. The van der Waals surface area contributed by atoms with E-state index in [2.05, 4.69) is 4.98 Å². The topological polar surface area (TPSA) is 39.2 Å². The van der Waals surface area contributed by atoms with Crippen molar-refractivity contribution in [2.75, 3.05) is 6.26 Å². The molecule has 0 saturated heterocycles. The lowest BCUT2D eigenvalue weighted by atomic mass is 9.98. The molecule has 2 aliphatic rings. The maximum absolute atomic E-state index is 12.2. The molecule has 2 aliphatic carbocycles. The number of carbonyl (C=O) groups is 1. The molecule has 0 aromatic carbocycles. The first-order chi connectivity index (χ1) is 8.78. The Kier molecular flexibility index (Phi) is 3.29. The standard InChI is InChI=1S/C14H17NO2S/c1-18-13-11(3-2-6-15-13)14(16)17-12-8-9-4-5-10(12)7-9/h2-3,6,9-10,12H,4-5,7-8H2,1H3/t9-,10-,12+/m0/s1. The van der Waals surface area contributed by atoms with Crippen LogP contribution < -0.4 is 0 Å². The summed E-state index contributed by atoms with van der Waals surface area (Å²) in [6.45, 7) is 0. The molecule has 18 heavy (non-hydrogen) atoms. The Labute approximate surface area is 111 Å². The molecule has 0 spiro atoms. The van der Waals surface area contributed by atoms with Gasteiger partial charge in [0, 0.05) is 6.20 Å². The van der Waals surface area contributed by atoms with Crippen molar-refractivity contribution in [2.24, 2.45) is 11.8 Å². The molecule has 0 aliphatic heterocycles. The van der Waals surface area contributed by atoms with Crippen molar-refractivity contribution >= 4 is 17.7 Å². The maximum Gasteiger partial charge on any atom is 0.341 e. The zero-order valence-corrected chi connectivity index (χ0v) is 11.3. The molecule has 2 bridgehead atoms. The van der Waals surface area contributed by atoms with Crippen LogP contribution in [0.4, 0.5) is 0 Å². The predicted molar refractivity (Wildman–Crippen MR) is 70.7 cm³/mol. The van der Waals surface area contributed by atoms with Crippen molar-refractivity contribution in [2.45, 2.75) is 36.8 Å². The molecule has 3 atom stereocenters. The van der Waals surface area contributed by atoms with Gasteiger partial charge in [-0.2, -0.15) is 0 Å². The van der Waals surface area contributed by atoms with Gasteiger partial charge in [0.25, 0.3) is 0 Å². The van der Waals surface area contributed by atoms with Gasteiger partial charge in [0.1, 0.15) is 11.1 Å². The maximum atomic E-state index is 12.2. The van der Waals surface area contributed by atoms with E-state index in [1.165, 1.54) is 31.0 Å². The Hall–Kier alpha value is -1.03. The van der Waals surface area contributed by atoms with E-state index in [0.717, 1.165) is 17.4 Å². The van der Waals surface area contributed by atoms with Gasteiger partial charge in [-0.1, -0.05) is 0 Å². The molecule has 1 aromatic heterocycles. The third kappa shape index (κ3) is 2.14. The number of aromatic nitrogens is 1. The van der Waals surface area contributed by atoms with Crippen LogP contribution >= 0.6 is 11.8 Å². The van der Waals surface area contributed by atoms with Crippen LogP contribution in [0.2, 0.25) is 0 Å². The lowest BCUT2D eigenvalue weighted by molar-refractivity contribution is 0.0154. The first-order valence-electron chi connectivity index (χ1n) is 6.48. The molecule has 0 unspecified atom stereocenters. The van der Waals surface area contributed by atoms with Gasteiger partial charge in [0.05, 0.1) is 5.56 Å². The minimum absolute atomic E-state index is 0.145. The second kappa shape index (κ2) is 4.92. The van der Waals surface area contributed by atoms with Gasteiger partial charge in [0.15, 0.2) is 0 Å². The molecule has 1 aromatic rings. The summed E-state index contributed by atoms with van der Waals surface area (Å²) < 4.78 is 5.68. The zero-order chi connectivity index (χ0) is 12.5. The number of rotatable bonds is 3. The fourth-order valence-corrected chi connectivity index (χ4v) is 3.78. The average molecular weight is 263 g/mol. The highest BCUT2D eigenvalue weighted by molar-refractivity contribution is 7.98. The number of nitrogens with zero attached hydrogens (tertiary/aromatic N) is 1. The number of carbonyl (C=O) groups excluding carboxylic acids is 1. The van der Waals surface area contributed by atoms with Crippen molar-refractivity contribution in [3.63, 3.8) is 0 Å². The van der Waals surface area contributed by atoms with E-state index in [4.69, 9.17) is 4.74 Å². The number of pyridine rings is 1. The Bertz CT molecular complexity index is 463. The van der Waals surface area contributed by atoms with Crippen LogP contribution in [-0.4, -0.2) is 23.3 Å². The minimum Gasteiger partial charge on any atom is -0.458 e. The lowest BCUT2D eigenvalue weighted by Gasteiger charge is -2.22. The summed E-state index contributed by atoms with van der Waals surface area (Å²) >= 11 is 1.49. The predicted octanol–water partition coefficient (Wildman–Crippen LogP) is 3.15. The molecule has 4 heteroatoms. The summed E-state index contributed by atoms with van der Waals surface area (Å²) in [4.78, 5) is 16.4. The van der Waals surface area contributed by atoms with Crippen LogP contribution in [0.25, 0.3) is 0 Å². The van der Waals surface area contributed by atoms with Crippen LogP contribution in [0, 0.1) is 11.8 Å². The molecule has 2 saturated carbocycles. The second-order valence-corrected chi connectivity index (χ2v) is 5.97. The van der Waals surface area contributed by atoms with Gasteiger partial charge in [-0.15, -0.1) is 11.8 Å². The first-order valence-corrected chi connectivity index (χ1v) is 7.70. The van der Waals surface area contributed by atoms with E-state index in [0.29, 0.717) is 11.5 Å². The van der Waals surface area contributed by atoms with Crippen LogP contribution in [0.15, 0.2) is 23.4 Å². The molecule has 3 rings (SSSR count). The largest absolute Gasteiger partial charge is 0.458 e. The monoisotopic (exact) mass is 263 g/mol. The number of thioether (sulfide) groups is 1. The fourth-order valence-electron chi connectivity index (χ4n) is 3.24. The molecular formula is C14H17NO2S. The van der Waals surface area contributed by atoms with E-state index in [1.807, 2.05) is 6.26 Å². The van der Waals surface area contributed by atoms with E-state index in [1.54, 1.807) is 18.3 Å². The van der Waals surface area contributed by atoms with E-state index < -0.39 is 0 Å². The van der Waals surface area contributed by atoms with Gasteiger partial charge in [-0.05, 0) is 55.9 Å². The van der Waals surface area contributed by atoms with E-state index in [-0.39, 0.29) is 12.1 Å². The number of esters is 1. The Balaban J connectivity index is 1.71. The first kappa shape index (κ1) is 12.0. The van der Waals surface area contributed by atoms with Crippen molar-refractivity contribution < 1.29 is 9.53 Å². The molecule has 0 radical (unpaired) electrons. The highest BCUT2D eigenvalue weighted by Gasteiger charge is 2.41. The molecule has 3 nitrogen and oxygen atoms in total. The molecule has 0 N–H and O–H groups in total. The second-order valence-electron chi connectivity index (χ2n) is 5.18. The van der Waals surface area contributed by atoms with E-state index in [9.17, 15) is 4.79 Å². The fraction of sp³-hybridized carbons (Fsp3) is 0.571. The van der Waals surface area contributed by atoms with Gasteiger partial charge in [0.2, 0.25) is 0 Å². The summed E-state index contributed by atoms with van der Waals surface area (Å²) in [5, 5.41) is 0.755. The molecule has 0 amide bonds. The third-order valence-electron chi connectivity index (χ3n) is 4.12. The van der Waals surface area contributed by atoms with Crippen LogP contribution in [-0.2, 0) is 4.74 Å². The van der Waals surface area contributed by atoms with E-state index >= 15 is 0 Å². The summed E-state index contributed by atoms with van der Waals surface area (Å²) in [5.41, 5.74) is 0.604. The summed E-state index contributed by atoms with van der Waals surface area (Å²) in [6.07, 6.45) is 8.64. The Morgan fingerprint density at radius 2 is 2.33 bits per heavy atom. The van der Waals surface area contributed by atoms with Crippen LogP contribution in [0.3, 0.4) is 0 Å². The molecule has 1 heterocycles. The van der Waals surface area contributed by atoms with Gasteiger partial charge in [-0.3, -0.25) is 0 Å². The van der Waals surface area contributed by atoms with Gasteiger partial charge < -0.3 is 4.74 Å². The highest BCUT2D eigenvalue weighted by atomic mass is 32.2. The van der Waals surface area contributed by atoms with Gasteiger partial charge in [-0.25, -0.2) is 9.78 Å².